The number of hydrogen-bond donors (Lipinski definition) is 0. The number of rotatable bonds is 12. The molecule has 31 heavy (non-hydrogen) atoms. The maximum atomic E-state index is 9.91. The molecule has 0 radical (unpaired) electrons. The predicted octanol–water partition coefficient (Wildman–Crippen LogP) is 8.36. The standard InChI is InChI=1S/C16H9N2.3C4H9.Sn/c17-11-14-7-5-13(6-8-14)9-10-15-3-1-2-4-16(15)12-18;3*1-3-4-2;/h1-9H;3*1,3-4H2,2H3;. The van der Waals surface area contributed by atoms with Gasteiger partial charge in [0.15, 0.2) is 0 Å². The van der Waals surface area contributed by atoms with Crippen LogP contribution in [0.5, 0.6) is 0 Å². The molecule has 162 valence electrons. The third-order valence-electron chi connectivity index (χ3n) is 6.29. The van der Waals surface area contributed by atoms with E-state index in [1.54, 1.807) is 0 Å². The molecule has 0 aliphatic rings. The summed E-state index contributed by atoms with van der Waals surface area (Å²) in [6.45, 7) is 6.89. The Kier molecular flexibility index (Phi) is 10.9. The summed E-state index contributed by atoms with van der Waals surface area (Å²) in [7, 11) is 0. The molecule has 0 amide bonds. The molecule has 2 aromatic carbocycles. The van der Waals surface area contributed by atoms with Crippen LogP contribution >= 0.6 is 0 Å². The van der Waals surface area contributed by atoms with Crippen molar-refractivity contribution >= 4 is 28.0 Å². The van der Waals surface area contributed by atoms with Crippen LogP contribution in [0.1, 0.15) is 81.5 Å². The number of benzene rings is 2. The van der Waals surface area contributed by atoms with Gasteiger partial charge in [0.1, 0.15) is 0 Å². The molecule has 0 heterocycles. The van der Waals surface area contributed by atoms with Crippen LogP contribution in [0.4, 0.5) is 0 Å². The fourth-order valence-corrected chi connectivity index (χ4v) is 21.3. The van der Waals surface area contributed by atoms with E-state index >= 15 is 0 Å². The Morgan fingerprint density at radius 3 is 1.81 bits per heavy atom. The molecule has 0 saturated carbocycles. The van der Waals surface area contributed by atoms with Crippen molar-refractivity contribution < 1.29 is 0 Å². The van der Waals surface area contributed by atoms with E-state index in [1.165, 1.54) is 55.4 Å². The van der Waals surface area contributed by atoms with Gasteiger partial charge in [-0.15, -0.1) is 0 Å². The second kappa shape index (κ2) is 13.4. The van der Waals surface area contributed by atoms with E-state index in [1.807, 2.05) is 24.3 Å². The maximum absolute atomic E-state index is 9.91. The van der Waals surface area contributed by atoms with Crippen LogP contribution in [-0.2, 0) is 0 Å². The van der Waals surface area contributed by atoms with E-state index in [0.29, 0.717) is 5.56 Å². The SMILES string of the molecule is CCC[CH2][Sn]([CH2]CCC)([CH2]CCC)/[C](=C\c1ccc(C#N)cc1)c1ccccc1C#N. The molecule has 3 heteroatoms. The zero-order chi connectivity index (χ0) is 22.5. The van der Waals surface area contributed by atoms with Gasteiger partial charge in [-0.3, -0.25) is 0 Å². The van der Waals surface area contributed by atoms with Crippen LogP contribution in [0.2, 0.25) is 13.3 Å². The first-order valence-corrected chi connectivity index (χ1v) is 19.3. The van der Waals surface area contributed by atoms with Gasteiger partial charge in [0.2, 0.25) is 0 Å². The number of hydrogen-bond acceptors (Lipinski definition) is 2. The Balaban J connectivity index is 2.73. The van der Waals surface area contributed by atoms with Crippen molar-refractivity contribution in [3.05, 3.63) is 70.8 Å². The molecule has 0 unspecified atom stereocenters. The Labute approximate surface area is 193 Å². The van der Waals surface area contributed by atoms with Crippen molar-refractivity contribution in [2.24, 2.45) is 0 Å². The van der Waals surface area contributed by atoms with Gasteiger partial charge in [0.25, 0.3) is 0 Å². The summed E-state index contributed by atoms with van der Waals surface area (Å²) < 4.78 is 5.57. The first-order chi connectivity index (χ1) is 15.1. The molecule has 0 aromatic heterocycles. The van der Waals surface area contributed by atoms with Crippen molar-refractivity contribution in [1.29, 1.82) is 10.5 Å². The average Bonchev–Trinajstić information content (AvgIpc) is 2.83. The Morgan fingerprint density at radius 2 is 1.32 bits per heavy atom. The van der Waals surface area contributed by atoms with Crippen LogP contribution in [0.15, 0.2) is 48.5 Å². The van der Waals surface area contributed by atoms with E-state index < -0.39 is 18.4 Å². The number of unbranched alkanes of at least 4 members (excludes halogenated alkanes) is 3. The van der Waals surface area contributed by atoms with Crippen molar-refractivity contribution in [3.63, 3.8) is 0 Å². The van der Waals surface area contributed by atoms with E-state index in [0.717, 1.165) is 16.7 Å². The van der Waals surface area contributed by atoms with Gasteiger partial charge in [-0.05, 0) is 0 Å². The first-order valence-electron chi connectivity index (χ1n) is 11.9. The third kappa shape index (κ3) is 6.98. The zero-order valence-corrected chi connectivity index (χ0v) is 22.3. The monoisotopic (exact) mass is 520 g/mol. The van der Waals surface area contributed by atoms with Crippen LogP contribution in [0.25, 0.3) is 9.67 Å². The molecule has 0 saturated heterocycles. The summed E-state index contributed by atoms with van der Waals surface area (Å²) >= 11 is -2.81. The Bertz CT molecular complexity index is 907. The molecule has 0 bridgehead atoms. The van der Waals surface area contributed by atoms with Gasteiger partial charge in [-0.25, -0.2) is 0 Å². The molecule has 0 aliphatic carbocycles. The number of nitrogens with zero attached hydrogens (tertiary/aromatic N) is 2. The summed E-state index contributed by atoms with van der Waals surface area (Å²) in [4.78, 5) is 0. The van der Waals surface area contributed by atoms with Crippen LogP contribution in [0, 0.1) is 22.7 Å². The summed E-state index contributed by atoms with van der Waals surface area (Å²) in [6, 6.07) is 20.8. The molecule has 0 atom stereocenters. The summed E-state index contributed by atoms with van der Waals surface area (Å²) in [5.74, 6) is 0. The summed E-state index contributed by atoms with van der Waals surface area (Å²) in [5, 5.41) is 19.1. The fraction of sp³-hybridized carbons (Fsp3) is 0.429. The van der Waals surface area contributed by atoms with E-state index in [-0.39, 0.29) is 0 Å². The van der Waals surface area contributed by atoms with E-state index in [4.69, 9.17) is 0 Å². The quantitative estimate of drug-likeness (QED) is 0.209. The van der Waals surface area contributed by atoms with Gasteiger partial charge in [-0.1, -0.05) is 0 Å². The second-order valence-corrected chi connectivity index (χ2v) is 21.7. The minimum atomic E-state index is -2.81. The topological polar surface area (TPSA) is 47.6 Å². The summed E-state index contributed by atoms with van der Waals surface area (Å²) in [6.07, 6.45) is 9.89. The normalized spacial score (nSPS) is 11.7. The second-order valence-electron chi connectivity index (χ2n) is 8.54. The molecule has 0 fully saturated rings. The van der Waals surface area contributed by atoms with Crippen molar-refractivity contribution in [1.82, 2.24) is 0 Å². The Morgan fingerprint density at radius 1 is 0.774 bits per heavy atom. The van der Waals surface area contributed by atoms with Crippen LogP contribution in [0.3, 0.4) is 0 Å². The van der Waals surface area contributed by atoms with Crippen molar-refractivity contribution in [2.45, 2.75) is 72.6 Å². The third-order valence-corrected chi connectivity index (χ3v) is 22.0. The zero-order valence-electron chi connectivity index (χ0n) is 19.5. The average molecular weight is 519 g/mol. The van der Waals surface area contributed by atoms with Gasteiger partial charge in [0, 0.05) is 0 Å². The van der Waals surface area contributed by atoms with Gasteiger partial charge in [-0.2, -0.15) is 0 Å². The first kappa shape index (κ1) is 25.2. The molecule has 0 aliphatic heterocycles. The summed E-state index contributed by atoms with van der Waals surface area (Å²) in [5.41, 5.74) is 3.79. The van der Waals surface area contributed by atoms with Crippen LogP contribution in [-0.4, -0.2) is 18.4 Å². The minimum absolute atomic E-state index is 0.689. The molecule has 2 rings (SSSR count). The van der Waals surface area contributed by atoms with Crippen molar-refractivity contribution in [2.75, 3.05) is 0 Å². The van der Waals surface area contributed by atoms with Gasteiger partial charge >= 0.3 is 194 Å². The molecular weight excluding hydrogens is 483 g/mol. The molecule has 2 nitrogen and oxygen atoms in total. The molecular formula is C28H36N2Sn. The van der Waals surface area contributed by atoms with Gasteiger partial charge < -0.3 is 0 Å². The predicted molar refractivity (Wildman–Crippen MR) is 135 cm³/mol. The van der Waals surface area contributed by atoms with E-state index in [2.05, 4.69) is 63.3 Å². The number of nitriles is 2. The molecule has 0 N–H and O–H groups in total. The van der Waals surface area contributed by atoms with Gasteiger partial charge in [0.05, 0.1) is 0 Å². The van der Waals surface area contributed by atoms with E-state index in [9.17, 15) is 10.5 Å². The fourth-order valence-electron chi connectivity index (χ4n) is 4.48. The Hall–Kier alpha value is -2.04. The van der Waals surface area contributed by atoms with Crippen molar-refractivity contribution in [3.8, 4) is 12.1 Å². The molecule has 0 spiro atoms. The van der Waals surface area contributed by atoms with Crippen LogP contribution < -0.4 is 0 Å². The molecule has 2 aromatic rings.